The first-order valence-corrected chi connectivity index (χ1v) is 4.22. The minimum atomic E-state index is 0.162. The summed E-state index contributed by atoms with van der Waals surface area (Å²) >= 11 is 0. The number of phenols is 1. The van der Waals surface area contributed by atoms with Crippen LogP contribution >= 0.6 is 0 Å². The molecular weight excluding hydrogens is 180 g/mol. The van der Waals surface area contributed by atoms with E-state index in [9.17, 15) is 5.11 Å². The molecule has 14 heavy (non-hydrogen) atoms. The maximum atomic E-state index is 9.62. The van der Waals surface area contributed by atoms with Crippen LogP contribution < -0.4 is 10.6 Å². The summed E-state index contributed by atoms with van der Waals surface area (Å²) in [6.07, 6.45) is 1.41. The molecule has 4 nitrogen and oxygen atoms in total. The van der Waals surface area contributed by atoms with Crippen LogP contribution in [0.4, 0.5) is 0 Å². The number of benzene rings is 1. The summed E-state index contributed by atoms with van der Waals surface area (Å²) in [7, 11) is 1.59. The predicted octanol–water partition coefficient (Wildman–Crippen LogP) is 1.31. The van der Waals surface area contributed by atoms with Crippen LogP contribution in [0.1, 0.15) is 16.7 Å². The Bertz CT molecular complexity index is 373. The number of hydrogen-bond donors (Lipinski definition) is 2. The number of methoxy groups -OCH3 is 1. The van der Waals surface area contributed by atoms with E-state index in [1.54, 1.807) is 13.2 Å². The number of aromatic hydroxyl groups is 1. The average molecular weight is 194 g/mol. The molecule has 0 amide bonds. The topological polar surface area (TPSA) is 67.8 Å². The third kappa shape index (κ3) is 1.64. The van der Waals surface area contributed by atoms with Crippen molar-refractivity contribution < 1.29 is 9.84 Å². The molecule has 0 spiro atoms. The number of phenolic OH excluding ortho intramolecular Hbond substituents is 1. The molecule has 0 saturated carbocycles. The van der Waals surface area contributed by atoms with Crippen LogP contribution in [-0.2, 0) is 0 Å². The Hall–Kier alpha value is -1.71. The van der Waals surface area contributed by atoms with E-state index in [1.807, 2.05) is 13.8 Å². The fraction of sp³-hybridized carbons (Fsp3) is 0.300. The van der Waals surface area contributed by atoms with E-state index in [-0.39, 0.29) is 5.75 Å². The highest BCUT2D eigenvalue weighted by Gasteiger charge is 2.11. The first-order valence-electron chi connectivity index (χ1n) is 4.22. The first kappa shape index (κ1) is 10.4. The Morgan fingerprint density at radius 1 is 1.50 bits per heavy atom. The van der Waals surface area contributed by atoms with Gasteiger partial charge in [0.25, 0.3) is 0 Å². The molecule has 0 atom stereocenters. The molecule has 1 aromatic rings. The van der Waals surface area contributed by atoms with Gasteiger partial charge in [-0.3, -0.25) is 0 Å². The van der Waals surface area contributed by atoms with Crippen molar-refractivity contribution in [3.8, 4) is 11.5 Å². The zero-order valence-electron chi connectivity index (χ0n) is 8.53. The zero-order valence-corrected chi connectivity index (χ0v) is 8.53. The minimum absolute atomic E-state index is 0.162. The molecule has 76 valence electrons. The van der Waals surface area contributed by atoms with Crippen LogP contribution in [0.2, 0.25) is 0 Å². The van der Waals surface area contributed by atoms with Crippen LogP contribution in [0, 0.1) is 13.8 Å². The van der Waals surface area contributed by atoms with E-state index in [2.05, 4.69) is 5.10 Å². The Labute approximate surface area is 83.0 Å². The number of aryl methyl sites for hydroxylation is 1. The van der Waals surface area contributed by atoms with E-state index in [1.165, 1.54) is 6.21 Å². The number of hydrazone groups is 1. The maximum Gasteiger partial charge on any atom is 0.125 e. The van der Waals surface area contributed by atoms with Crippen LogP contribution in [0.25, 0.3) is 0 Å². The lowest BCUT2D eigenvalue weighted by Crippen LogP contribution is -1.97. The molecule has 3 N–H and O–H groups in total. The fourth-order valence-electron chi connectivity index (χ4n) is 1.51. The van der Waals surface area contributed by atoms with E-state index in [4.69, 9.17) is 10.6 Å². The third-order valence-corrected chi connectivity index (χ3v) is 2.14. The van der Waals surface area contributed by atoms with Crippen LogP contribution in [0.15, 0.2) is 11.2 Å². The second kappa shape index (κ2) is 4.00. The van der Waals surface area contributed by atoms with Crippen LogP contribution in [0.3, 0.4) is 0 Å². The number of nitrogens with two attached hydrogens (primary N) is 1. The highest BCUT2D eigenvalue weighted by molar-refractivity contribution is 5.86. The van der Waals surface area contributed by atoms with Crippen LogP contribution in [0.5, 0.6) is 11.5 Å². The van der Waals surface area contributed by atoms with Gasteiger partial charge in [0.1, 0.15) is 11.5 Å². The van der Waals surface area contributed by atoms with Gasteiger partial charge in [0, 0.05) is 11.1 Å². The lowest BCUT2D eigenvalue weighted by Gasteiger charge is -2.12. The van der Waals surface area contributed by atoms with E-state index in [0.717, 1.165) is 16.9 Å². The van der Waals surface area contributed by atoms with Gasteiger partial charge >= 0.3 is 0 Å². The van der Waals surface area contributed by atoms with Crippen molar-refractivity contribution >= 4 is 6.21 Å². The Kier molecular flexibility index (Phi) is 2.96. The van der Waals surface area contributed by atoms with Crippen molar-refractivity contribution in [1.82, 2.24) is 0 Å². The van der Waals surface area contributed by atoms with Crippen molar-refractivity contribution in [1.29, 1.82) is 0 Å². The van der Waals surface area contributed by atoms with E-state index >= 15 is 0 Å². The molecule has 0 aliphatic heterocycles. The number of nitrogens with zero attached hydrogens (tertiary/aromatic N) is 1. The molecule has 0 bridgehead atoms. The predicted molar refractivity (Wildman–Crippen MR) is 55.9 cm³/mol. The number of ether oxygens (including phenoxy) is 1. The van der Waals surface area contributed by atoms with Crippen molar-refractivity contribution in [3.63, 3.8) is 0 Å². The molecule has 0 radical (unpaired) electrons. The fourth-order valence-corrected chi connectivity index (χ4v) is 1.51. The molecule has 0 unspecified atom stereocenters. The summed E-state index contributed by atoms with van der Waals surface area (Å²) in [4.78, 5) is 0. The van der Waals surface area contributed by atoms with Crippen molar-refractivity contribution in [3.05, 3.63) is 22.8 Å². The Morgan fingerprint density at radius 2 is 2.14 bits per heavy atom. The van der Waals surface area contributed by atoms with Gasteiger partial charge in [0.05, 0.1) is 13.3 Å². The van der Waals surface area contributed by atoms with Crippen LogP contribution in [-0.4, -0.2) is 18.4 Å². The quantitative estimate of drug-likeness (QED) is 0.423. The summed E-state index contributed by atoms with van der Waals surface area (Å²) < 4.78 is 5.20. The molecule has 0 aliphatic rings. The van der Waals surface area contributed by atoms with Crippen molar-refractivity contribution in [2.24, 2.45) is 10.9 Å². The molecule has 0 fully saturated rings. The Balaban J connectivity index is 3.43. The highest BCUT2D eigenvalue weighted by atomic mass is 16.5. The smallest absolute Gasteiger partial charge is 0.125 e. The van der Waals surface area contributed by atoms with Crippen molar-refractivity contribution in [2.75, 3.05) is 7.11 Å². The average Bonchev–Trinajstić information content (AvgIpc) is 2.12. The standard InChI is InChI=1S/C10H14N2O2/c1-6-4-9(13)8(5-12-11)7(2)10(6)14-3/h4-5,13H,11H2,1-3H3. The van der Waals surface area contributed by atoms with E-state index in [0.29, 0.717) is 5.56 Å². The third-order valence-electron chi connectivity index (χ3n) is 2.14. The second-order valence-electron chi connectivity index (χ2n) is 3.06. The normalized spacial score (nSPS) is 10.8. The Morgan fingerprint density at radius 3 is 2.64 bits per heavy atom. The van der Waals surface area contributed by atoms with Crippen molar-refractivity contribution in [2.45, 2.75) is 13.8 Å². The van der Waals surface area contributed by atoms with Gasteiger partial charge in [-0.2, -0.15) is 5.10 Å². The van der Waals surface area contributed by atoms with Gasteiger partial charge in [-0.15, -0.1) is 0 Å². The van der Waals surface area contributed by atoms with Gasteiger partial charge in [-0.05, 0) is 25.5 Å². The molecule has 0 heterocycles. The molecule has 0 aromatic heterocycles. The molecule has 1 rings (SSSR count). The van der Waals surface area contributed by atoms with Gasteiger partial charge in [-0.25, -0.2) is 0 Å². The monoisotopic (exact) mass is 194 g/mol. The molecule has 0 saturated heterocycles. The molecular formula is C10H14N2O2. The van der Waals surface area contributed by atoms with E-state index < -0.39 is 0 Å². The largest absolute Gasteiger partial charge is 0.507 e. The maximum absolute atomic E-state index is 9.62. The SMILES string of the molecule is COc1c(C)cc(O)c(C=NN)c1C. The van der Waals surface area contributed by atoms with Gasteiger partial charge in [-0.1, -0.05) is 0 Å². The lowest BCUT2D eigenvalue weighted by molar-refractivity contribution is 0.405. The summed E-state index contributed by atoms with van der Waals surface area (Å²) in [5.41, 5.74) is 2.31. The number of hydrogen-bond acceptors (Lipinski definition) is 4. The molecule has 4 heteroatoms. The number of rotatable bonds is 2. The lowest BCUT2D eigenvalue weighted by atomic mass is 10.0. The zero-order chi connectivity index (χ0) is 10.7. The summed E-state index contributed by atoms with van der Waals surface area (Å²) in [5.74, 6) is 5.96. The second-order valence-corrected chi connectivity index (χ2v) is 3.06. The highest BCUT2D eigenvalue weighted by Crippen LogP contribution is 2.31. The summed E-state index contributed by atoms with van der Waals surface area (Å²) in [6, 6.07) is 1.63. The molecule has 0 aliphatic carbocycles. The van der Waals surface area contributed by atoms with Gasteiger partial charge < -0.3 is 15.7 Å². The first-order chi connectivity index (χ1) is 6.61. The molecule has 1 aromatic carbocycles. The summed E-state index contributed by atoms with van der Waals surface area (Å²) in [6.45, 7) is 3.72. The summed E-state index contributed by atoms with van der Waals surface area (Å²) in [5, 5.41) is 13.0. The van der Waals surface area contributed by atoms with Gasteiger partial charge in [0.2, 0.25) is 0 Å². The minimum Gasteiger partial charge on any atom is -0.507 e. The van der Waals surface area contributed by atoms with Gasteiger partial charge in [0.15, 0.2) is 0 Å².